The molecule has 2 aliphatic rings. The molecule has 1 aromatic heterocycles. The van der Waals surface area contributed by atoms with E-state index >= 15 is 0 Å². The van der Waals surface area contributed by atoms with Crippen molar-refractivity contribution in [3.63, 3.8) is 0 Å². The summed E-state index contributed by atoms with van der Waals surface area (Å²) in [7, 11) is -0.415. The Balaban J connectivity index is 1.79. The number of hydrogen-bond acceptors (Lipinski definition) is 5. The average Bonchev–Trinajstić information content (AvgIpc) is 3.17. The second kappa shape index (κ2) is 5.84. The van der Waals surface area contributed by atoms with Crippen LogP contribution in [0.4, 0.5) is 0 Å². The summed E-state index contributed by atoms with van der Waals surface area (Å²) < 4.78 is 12.1. The Kier molecular flexibility index (Phi) is 4.15. The zero-order chi connectivity index (χ0) is 16.7. The predicted molar refractivity (Wildman–Crippen MR) is 88.9 cm³/mol. The van der Waals surface area contributed by atoms with Crippen molar-refractivity contribution < 1.29 is 9.31 Å². The lowest BCUT2D eigenvalue weighted by atomic mass is 9.82. The van der Waals surface area contributed by atoms with Crippen LogP contribution in [-0.4, -0.2) is 40.8 Å². The van der Waals surface area contributed by atoms with Crippen LogP contribution in [0.15, 0.2) is 12.4 Å². The molecule has 1 aliphatic carbocycles. The van der Waals surface area contributed by atoms with Crippen molar-refractivity contribution in [2.45, 2.75) is 70.6 Å². The zero-order valence-electron chi connectivity index (χ0n) is 14.5. The Labute approximate surface area is 138 Å². The molecular formula is C16H25BN4O2. The van der Waals surface area contributed by atoms with Crippen LogP contribution in [0, 0.1) is 11.3 Å². The van der Waals surface area contributed by atoms with Gasteiger partial charge >= 0.3 is 7.12 Å². The zero-order valence-corrected chi connectivity index (χ0v) is 14.5. The van der Waals surface area contributed by atoms with E-state index in [1.54, 1.807) is 11.0 Å². The quantitative estimate of drug-likeness (QED) is 0.623. The lowest BCUT2D eigenvalue weighted by molar-refractivity contribution is 0.00578. The molecule has 2 heterocycles. The maximum absolute atomic E-state index is 9.13. The van der Waals surface area contributed by atoms with Crippen LogP contribution in [0.3, 0.4) is 0 Å². The van der Waals surface area contributed by atoms with Crippen LogP contribution in [0.5, 0.6) is 0 Å². The summed E-state index contributed by atoms with van der Waals surface area (Å²) >= 11 is 0. The molecule has 0 bridgehead atoms. The molecule has 0 amide bonds. The summed E-state index contributed by atoms with van der Waals surface area (Å²) in [5, 5.41) is 15.6. The summed E-state index contributed by atoms with van der Waals surface area (Å²) in [6.07, 6.45) is 8.38. The summed E-state index contributed by atoms with van der Waals surface area (Å²) in [6, 6.07) is 2.64. The molecule has 1 aromatic rings. The third-order valence-corrected chi connectivity index (χ3v) is 5.36. The van der Waals surface area contributed by atoms with Gasteiger partial charge in [-0.15, -0.1) is 0 Å². The summed E-state index contributed by atoms with van der Waals surface area (Å²) in [4.78, 5) is 1.79. The molecule has 23 heavy (non-hydrogen) atoms. The van der Waals surface area contributed by atoms with Gasteiger partial charge in [0.2, 0.25) is 0 Å². The van der Waals surface area contributed by atoms with E-state index in [1.165, 1.54) is 12.8 Å². The molecule has 0 unspecified atom stereocenters. The van der Waals surface area contributed by atoms with Crippen LogP contribution in [-0.2, 0) is 9.31 Å². The molecule has 1 aliphatic heterocycles. The van der Waals surface area contributed by atoms with E-state index in [4.69, 9.17) is 14.6 Å². The van der Waals surface area contributed by atoms with Gasteiger partial charge in [0.05, 0.1) is 23.5 Å². The van der Waals surface area contributed by atoms with Crippen LogP contribution in [0.2, 0.25) is 0 Å². The molecule has 1 saturated heterocycles. The molecule has 124 valence electrons. The molecule has 2 fully saturated rings. The normalized spacial score (nSPS) is 23.2. The molecule has 6 nitrogen and oxygen atoms in total. The van der Waals surface area contributed by atoms with Crippen molar-refractivity contribution in [3.8, 4) is 6.07 Å². The highest BCUT2D eigenvalue weighted by molar-refractivity contribution is 6.62. The predicted octanol–water partition coefficient (Wildman–Crippen LogP) is 1.59. The van der Waals surface area contributed by atoms with Gasteiger partial charge in [-0.25, -0.2) is 0 Å². The molecule has 7 heteroatoms. The first-order valence-corrected chi connectivity index (χ1v) is 8.38. The van der Waals surface area contributed by atoms with Crippen molar-refractivity contribution in [1.82, 2.24) is 9.89 Å². The van der Waals surface area contributed by atoms with Crippen LogP contribution >= 0.6 is 0 Å². The van der Waals surface area contributed by atoms with Crippen molar-refractivity contribution in [1.29, 1.82) is 5.26 Å². The first-order chi connectivity index (χ1) is 10.8. The van der Waals surface area contributed by atoms with Gasteiger partial charge < -0.3 is 9.31 Å². The summed E-state index contributed by atoms with van der Waals surface area (Å²) in [5.74, 6) is 0. The minimum Gasteiger partial charge on any atom is -0.399 e. The van der Waals surface area contributed by atoms with Crippen molar-refractivity contribution >= 4 is 12.6 Å². The summed E-state index contributed by atoms with van der Waals surface area (Å²) in [6.45, 7) is 8.50. The van der Waals surface area contributed by atoms with E-state index in [2.05, 4.69) is 11.2 Å². The number of nitrogens with zero attached hydrogens (tertiary/aromatic N) is 4. The molecular weight excluding hydrogens is 291 g/mol. The highest BCUT2D eigenvalue weighted by Crippen LogP contribution is 2.36. The number of aromatic nitrogens is 2. The second-order valence-electron chi connectivity index (χ2n) is 7.48. The van der Waals surface area contributed by atoms with Gasteiger partial charge in [0.25, 0.3) is 0 Å². The molecule has 0 N–H and O–H groups in total. The van der Waals surface area contributed by atoms with Gasteiger partial charge in [0.15, 0.2) is 0 Å². The molecule has 3 rings (SSSR count). The Morgan fingerprint density at radius 3 is 2.48 bits per heavy atom. The first-order valence-electron chi connectivity index (χ1n) is 8.38. The Bertz CT molecular complexity index is 585. The fourth-order valence-electron chi connectivity index (χ4n) is 3.21. The Morgan fingerprint density at radius 1 is 1.30 bits per heavy atom. The van der Waals surface area contributed by atoms with E-state index < -0.39 is 7.12 Å². The van der Waals surface area contributed by atoms with Crippen LogP contribution < -0.4 is 10.5 Å². The average molecular weight is 316 g/mol. The fourth-order valence-corrected chi connectivity index (χ4v) is 3.21. The van der Waals surface area contributed by atoms with E-state index in [9.17, 15) is 0 Å². The lowest BCUT2D eigenvalue weighted by Gasteiger charge is -2.32. The van der Waals surface area contributed by atoms with Gasteiger partial charge in [0.1, 0.15) is 6.54 Å². The van der Waals surface area contributed by atoms with Crippen molar-refractivity contribution in [3.05, 3.63) is 12.4 Å². The van der Waals surface area contributed by atoms with Crippen molar-refractivity contribution in [2.75, 3.05) is 11.6 Å². The molecule has 0 spiro atoms. The highest BCUT2D eigenvalue weighted by atomic mass is 16.7. The largest absolute Gasteiger partial charge is 0.498 e. The van der Waals surface area contributed by atoms with Crippen LogP contribution in [0.25, 0.3) is 0 Å². The van der Waals surface area contributed by atoms with Gasteiger partial charge in [0, 0.05) is 17.7 Å². The first kappa shape index (κ1) is 16.3. The van der Waals surface area contributed by atoms with Crippen molar-refractivity contribution in [2.24, 2.45) is 0 Å². The van der Waals surface area contributed by atoms with Gasteiger partial charge in [-0.05, 0) is 40.5 Å². The lowest BCUT2D eigenvalue weighted by Crippen LogP contribution is -2.43. The molecule has 0 radical (unpaired) electrons. The Morgan fingerprint density at radius 2 is 1.91 bits per heavy atom. The minimum atomic E-state index is -0.415. The van der Waals surface area contributed by atoms with Gasteiger partial charge in [-0.1, -0.05) is 12.8 Å². The van der Waals surface area contributed by atoms with E-state index in [-0.39, 0.29) is 11.2 Å². The topological polar surface area (TPSA) is 63.3 Å². The maximum atomic E-state index is 9.13. The monoisotopic (exact) mass is 316 g/mol. The van der Waals surface area contributed by atoms with E-state index in [1.807, 2.05) is 38.9 Å². The molecule has 0 atom stereocenters. The van der Waals surface area contributed by atoms with Crippen LogP contribution in [0.1, 0.15) is 53.4 Å². The SMILES string of the molecule is CC1(C)OB(c2cnn(N(CC#N)C3CCCC3)c2)OC1(C)C. The third kappa shape index (κ3) is 2.98. The maximum Gasteiger partial charge on any atom is 0.498 e. The highest BCUT2D eigenvalue weighted by Gasteiger charge is 2.52. The summed E-state index contributed by atoms with van der Waals surface area (Å²) in [5.41, 5.74) is 0.166. The second-order valence-corrected chi connectivity index (χ2v) is 7.48. The van der Waals surface area contributed by atoms with Gasteiger partial charge in [-0.3, -0.25) is 5.01 Å². The number of rotatable bonds is 4. The van der Waals surface area contributed by atoms with E-state index in [0.29, 0.717) is 12.6 Å². The fraction of sp³-hybridized carbons (Fsp3) is 0.750. The minimum absolute atomic E-state index is 0.342. The number of hydrogen-bond donors (Lipinski definition) is 0. The Hall–Kier alpha value is -1.52. The molecule has 1 saturated carbocycles. The van der Waals surface area contributed by atoms with Gasteiger partial charge in [-0.2, -0.15) is 15.2 Å². The number of nitriles is 1. The van der Waals surface area contributed by atoms with E-state index in [0.717, 1.165) is 18.3 Å². The standard InChI is InChI=1S/C16H25BN4O2/c1-15(2)16(3,4)23-17(22-15)13-11-19-21(12-13)20(10-9-18)14-7-5-6-8-14/h11-12,14H,5-8,10H2,1-4H3. The molecule has 0 aromatic carbocycles. The third-order valence-electron chi connectivity index (χ3n) is 5.36. The smallest absolute Gasteiger partial charge is 0.399 e.